The second-order valence-corrected chi connectivity index (χ2v) is 7.66. The number of ether oxygens (including phenoxy) is 3. The van der Waals surface area contributed by atoms with Crippen LogP contribution in [0, 0.1) is 5.82 Å². The Balaban J connectivity index is 1.36. The van der Waals surface area contributed by atoms with Crippen molar-refractivity contribution in [2.45, 2.75) is 18.8 Å². The minimum atomic E-state index is -0.675. The number of fused-ring (bicyclic) bond motifs is 1. The Bertz CT molecular complexity index is 981. The molecule has 162 valence electrons. The summed E-state index contributed by atoms with van der Waals surface area (Å²) in [7, 11) is 1.95. The van der Waals surface area contributed by atoms with Crippen LogP contribution in [0.1, 0.15) is 22.7 Å². The Morgan fingerprint density at radius 3 is 2.45 bits per heavy atom. The Labute approximate surface area is 181 Å². The number of hydrogen-bond acceptors (Lipinski definition) is 5. The number of halogens is 1. The van der Waals surface area contributed by atoms with E-state index >= 15 is 0 Å². The van der Waals surface area contributed by atoms with Gasteiger partial charge in [0.15, 0.2) is 11.5 Å². The van der Waals surface area contributed by atoms with Crippen LogP contribution in [0.5, 0.6) is 11.5 Å². The van der Waals surface area contributed by atoms with Crippen LogP contribution in [0.15, 0.2) is 72.8 Å². The third kappa shape index (κ3) is 5.41. The largest absolute Gasteiger partial charge is 0.454 e. The highest BCUT2D eigenvalue weighted by molar-refractivity contribution is 5.44. The van der Waals surface area contributed by atoms with Gasteiger partial charge in [0, 0.05) is 6.54 Å². The van der Waals surface area contributed by atoms with E-state index in [9.17, 15) is 9.50 Å². The highest BCUT2D eigenvalue weighted by Crippen LogP contribution is 2.32. The second kappa shape index (κ2) is 9.92. The first-order valence-electron chi connectivity index (χ1n) is 10.2. The summed E-state index contributed by atoms with van der Waals surface area (Å²) < 4.78 is 29.8. The van der Waals surface area contributed by atoms with E-state index in [4.69, 9.17) is 14.2 Å². The molecule has 1 aliphatic rings. The zero-order valence-electron chi connectivity index (χ0n) is 17.4. The third-order valence-corrected chi connectivity index (χ3v) is 5.26. The molecule has 1 aliphatic heterocycles. The summed E-state index contributed by atoms with van der Waals surface area (Å²) in [4.78, 5) is 2.05. The van der Waals surface area contributed by atoms with Gasteiger partial charge in [0.2, 0.25) is 6.79 Å². The van der Waals surface area contributed by atoms with E-state index in [1.54, 1.807) is 12.1 Å². The van der Waals surface area contributed by atoms with Gasteiger partial charge in [-0.2, -0.15) is 0 Å². The van der Waals surface area contributed by atoms with Crippen LogP contribution < -0.4 is 9.47 Å². The average Bonchev–Trinajstić information content (AvgIpc) is 3.24. The smallest absolute Gasteiger partial charge is 0.231 e. The molecular formula is C25H26FNO4. The minimum absolute atomic E-state index is 0.106. The molecule has 0 radical (unpaired) electrons. The number of likely N-dealkylation sites (N-methyl/N-ethyl adjacent to an activating group) is 1. The van der Waals surface area contributed by atoms with E-state index in [1.807, 2.05) is 55.6 Å². The lowest BCUT2D eigenvalue weighted by molar-refractivity contribution is 0.00975. The van der Waals surface area contributed by atoms with Gasteiger partial charge in [-0.3, -0.25) is 4.90 Å². The molecule has 0 aliphatic carbocycles. The van der Waals surface area contributed by atoms with Crippen molar-refractivity contribution in [3.63, 3.8) is 0 Å². The molecular weight excluding hydrogens is 397 g/mol. The summed E-state index contributed by atoms with van der Waals surface area (Å²) in [6.45, 7) is 1.21. The van der Waals surface area contributed by atoms with Crippen molar-refractivity contribution in [1.29, 1.82) is 0 Å². The van der Waals surface area contributed by atoms with E-state index in [1.165, 1.54) is 12.1 Å². The maximum atomic E-state index is 13.4. The number of benzene rings is 3. The standard InChI is InChI=1S/C25H26FNO4/c1-27(25(19-5-3-2-4-6-19)20-8-10-21(26)11-9-20)14-22(28)16-29-15-18-7-12-23-24(13-18)31-17-30-23/h2-13,22,25,28H,14-17H2,1H3. The van der Waals surface area contributed by atoms with E-state index < -0.39 is 6.10 Å². The first-order valence-corrected chi connectivity index (χ1v) is 10.2. The van der Waals surface area contributed by atoms with E-state index in [0.717, 1.165) is 22.4 Å². The summed E-state index contributed by atoms with van der Waals surface area (Å²) in [5, 5.41) is 10.6. The molecule has 6 heteroatoms. The van der Waals surface area contributed by atoms with Crippen molar-refractivity contribution in [3.8, 4) is 11.5 Å². The Morgan fingerprint density at radius 2 is 1.68 bits per heavy atom. The van der Waals surface area contributed by atoms with Gasteiger partial charge >= 0.3 is 0 Å². The molecule has 0 saturated carbocycles. The molecule has 0 aromatic heterocycles. The number of rotatable bonds is 9. The lowest BCUT2D eigenvalue weighted by Gasteiger charge is -2.30. The molecule has 1 heterocycles. The van der Waals surface area contributed by atoms with Gasteiger partial charge in [0.1, 0.15) is 5.82 Å². The van der Waals surface area contributed by atoms with Crippen LogP contribution in [-0.4, -0.2) is 43.1 Å². The SMILES string of the molecule is CN(CC(O)COCc1ccc2c(c1)OCO2)C(c1ccccc1)c1ccc(F)cc1. The monoisotopic (exact) mass is 423 g/mol. The zero-order chi connectivity index (χ0) is 21.6. The Morgan fingerprint density at radius 1 is 0.968 bits per heavy atom. The molecule has 2 unspecified atom stereocenters. The summed E-state index contributed by atoms with van der Waals surface area (Å²) >= 11 is 0. The zero-order valence-corrected chi connectivity index (χ0v) is 17.4. The molecule has 0 fully saturated rings. The molecule has 5 nitrogen and oxygen atoms in total. The summed E-state index contributed by atoms with van der Waals surface area (Å²) in [6.07, 6.45) is -0.675. The predicted octanol–water partition coefficient (Wildman–Crippen LogP) is 4.15. The normalized spacial score (nSPS) is 14.6. The molecule has 0 saturated heterocycles. The van der Waals surface area contributed by atoms with Crippen LogP contribution in [0.2, 0.25) is 0 Å². The van der Waals surface area contributed by atoms with Crippen molar-refractivity contribution >= 4 is 0 Å². The summed E-state index contributed by atoms with van der Waals surface area (Å²) in [5.74, 6) is 1.18. The molecule has 0 spiro atoms. The molecule has 3 aromatic carbocycles. The molecule has 0 bridgehead atoms. The van der Waals surface area contributed by atoms with Crippen molar-refractivity contribution in [3.05, 3.63) is 95.3 Å². The van der Waals surface area contributed by atoms with Gasteiger partial charge in [-0.15, -0.1) is 0 Å². The van der Waals surface area contributed by atoms with Crippen LogP contribution in [-0.2, 0) is 11.3 Å². The van der Waals surface area contributed by atoms with Crippen LogP contribution in [0.25, 0.3) is 0 Å². The first kappa shape index (κ1) is 21.3. The van der Waals surface area contributed by atoms with Gasteiger partial charge in [-0.05, 0) is 48.0 Å². The highest BCUT2D eigenvalue weighted by Gasteiger charge is 2.22. The number of hydrogen-bond donors (Lipinski definition) is 1. The summed E-state index contributed by atoms with van der Waals surface area (Å²) in [6, 6.07) is 22.0. The first-order chi connectivity index (χ1) is 15.1. The maximum absolute atomic E-state index is 13.4. The maximum Gasteiger partial charge on any atom is 0.231 e. The quantitative estimate of drug-likeness (QED) is 0.560. The topological polar surface area (TPSA) is 51.2 Å². The molecule has 2 atom stereocenters. The van der Waals surface area contributed by atoms with E-state index in [-0.39, 0.29) is 25.3 Å². The lowest BCUT2D eigenvalue weighted by Crippen LogP contribution is -2.35. The number of aliphatic hydroxyl groups excluding tert-OH is 1. The van der Waals surface area contributed by atoms with Gasteiger partial charge in [-0.25, -0.2) is 4.39 Å². The van der Waals surface area contributed by atoms with E-state index in [2.05, 4.69) is 4.90 Å². The molecule has 31 heavy (non-hydrogen) atoms. The van der Waals surface area contributed by atoms with Gasteiger partial charge in [0.25, 0.3) is 0 Å². The van der Waals surface area contributed by atoms with Gasteiger partial charge in [0.05, 0.1) is 25.4 Å². The fourth-order valence-corrected chi connectivity index (χ4v) is 3.82. The predicted molar refractivity (Wildman–Crippen MR) is 116 cm³/mol. The van der Waals surface area contributed by atoms with Gasteiger partial charge in [-0.1, -0.05) is 48.5 Å². The summed E-state index contributed by atoms with van der Waals surface area (Å²) in [5.41, 5.74) is 2.99. The van der Waals surface area contributed by atoms with Gasteiger partial charge < -0.3 is 19.3 Å². The van der Waals surface area contributed by atoms with Crippen LogP contribution >= 0.6 is 0 Å². The van der Waals surface area contributed by atoms with Crippen LogP contribution in [0.3, 0.4) is 0 Å². The highest BCUT2D eigenvalue weighted by atomic mass is 19.1. The van der Waals surface area contributed by atoms with Crippen molar-refractivity contribution in [1.82, 2.24) is 4.90 Å². The number of aliphatic hydroxyl groups is 1. The van der Waals surface area contributed by atoms with Crippen LogP contribution in [0.4, 0.5) is 4.39 Å². The lowest BCUT2D eigenvalue weighted by atomic mass is 9.97. The third-order valence-electron chi connectivity index (χ3n) is 5.26. The number of nitrogens with zero attached hydrogens (tertiary/aromatic N) is 1. The fourth-order valence-electron chi connectivity index (χ4n) is 3.82. The molecule has 1 N–H and O–H groups in total. The Hall–Kier alpha value is -2.93. The van der Waals surface area contributed by atoms with Crippen molar-refractivity contribution < 1.29 is 23.7 Å². The van der Waals surface area contributed by atoms with Crippen molar-refractivity contribution in [2.24, 2.45) is 0 Å². The minimum Gasteiger partial charge on any atom is -0.454 e. The van der Waals surface area contributed by atoms with E-state index in [0.29, 0.717) is 18.9 Å². The molecule has 0 amide bonds. The molecule has 3 aromatic rings. The average molecular weight is 423 g/mol. The Kier molecular flexibility index (Phi) is 6.82. The fraction of sp³-hybridized carbons (Fsp3) is 0.280. The van der Waals surface area contributed by atoms with Crippen molar-refractivity contribution in [2.75, 3.05) is 27.0 Å². The second-order valence-electron chi connectivity index (χ2n) is 7.66. The molecule has 4 rings (SSSR count).